The first-order valence-electron chi connectivity index (χ1n) is 12.3. The molecule has 8 heteroatoms. The molecule has 0 radical (unpaired) electrons. The summed E-state index contributed by atoms with van der Waals surface area (Å²) in [6.45, 7) is 10.6. The van der Waals surface area contributed by atoms with Crippen molar-refractivity contribution in [3.63, 3.8) is 0 Å². The van der Waals surface area contributed by atoms with Crippen LogP contribution in [-0.2, 0) is 13.1 Å². The van der Waals surface area contributed by atoms with Gasteiger partial charge in [0.2, 0.25) is 0 Å². The monoisotopic (exact) mass is 486 g/mol. The van der Waals surface area contributed by atoms with E-state index < -0.39 is 0 Å². The Hall–Kier alpha value is -3.78. The molecule has 1 amide bonds. The van der Waals surface area contributed by atoms with Crippen molar-refractivity contribution >= 4 is 16.8 Å². The molecule has 0 unspecified atom stereocenters. The van der Waals surface area contributed by atoms with Crippen LogP contribution in [0.1, 0.15) is 39.8 Å². The van der Waals surface area contributed by atoms with Gasteiger partial charge in [0.05, 0.1) is 34.4 Å². The Morgan fingerprint density at radius 3 is 2.58 bits per heavy atom. The van der Waals surface area contributed by atoms with Crippen LogP contribution in [-0.4, -0.2) is 57.8 Å². The van der Waals surface area contributed by atoms with Gasteiger partial charge in [-0.15, -0.1) is 0 Å². The van der Waals surface area contributed by atoms with Gasteiger partial charge in [-0.05, 0) is 65.1 Å². The third-order valence-electron chi connectivity index (χ3n) is 6.36. The van der Waals surface area contributed by atoms with E-state index in [1.54, 1.807) is 4.90 Å². The summed E-state index contributed by atoms with van der Waals surface area (Å²) < 4.78 is 7.75. The molecule has 0 aliphatic heterocycles. The summed E-state index contributed by atoms with van der Waals surface area (Å²) >= 11 is 0. The number of benzene rings is 1. The number of nitrogens with one attached hydrogen (secondary N) is 1. The first kappa shape index (κ1) is 25.3. The van der Waals surface area contributed by atoms with Gasteiger partial charge in [0, 0.05) is 43.3 Å². The van der Waals surface area contributed by atoms with Crippen molar-refractivity contribution in [2.75, 3.05) is 27.2 Å². The molecule has 1 aromatic carbocycles. The highest BCUT2D eigenvalue weighted by molar-refractivity contribution is 6.07. The first-order valence-corrected chi connectivity index (χ1v) is 12.3. The SMILES string of the molecule is CCn1ncc(CN(C)C(=O)c2cc(-c3ccc(OCCNC)c(C)n3)nc3ccc(C)cc23)c1C. The van der Waals surface area contributed by atoms with Crippen molar-refractivity contribution in [2.24, 2.45) is 0 Å². The zero-order valence-corrected chi connectivity index (χ0v) is 21.9. The maximum Gasteiger partial charge on any atom is 0.254 e. The van der Waals surface area contributed by atoms with Crippen LogP contribution in [0.4, 0.5) is 0 Å². The molecule has 3 heterocycles. The number of amides is 1. The van der Waals surface area contributed by atoms with Crippen molar-refractivity contribution in [3.05, 3.63) is 70.7 Å². The molecule has 0 fully saturated rings. The highest BCUT2D eigenvalue weighted by Crippen LogP contribution is 2.28. The zero-order valence-electron chi connectivity index (χ0n) is 21.9. The number of carbonyl (C=O) groups excluding carboxylic acids is 1. The Labute approximate surface area is 212 Å². The van der Waals surface area contributed by atoms with E-state index in [2.05, 4.69) is 17.3 Å². The average molecular weight is 487 g/mol. The van der Waals surface area contributed by atoms with Gasteiger partial charge in [0.25, 0.3) is 5.91 Å². The van der Waals surface area contributed by atoms with Crippen LogP contribution in [0.25, 0.3) is 22.3 Å². The lowest BCUT2D eigenvalue weighted by atomic mass is 10.0. The third-order valence-corrected chi connectivity index (χ3v) is 6.36. The maximum atomic E-state index is 13.7. The van der Waals surface area contributed by atoms with Gasteiger partial charge in [0.1, 0.15) is 12.4 Å². The van der Waals surface area contributed by atoms with Crippen LogP contribution in [0, 0.1) is 20.8 Å². The molecule has 0 saturated carbocycles. The largest absolute Gasteiger partial charge is 0.490 e. The van der Waals surface area contributed by atoms with Crippen molar-refractivity contribution in [1.29, 1.82) is 0 Å². The predicted molar refractivity (Wildman–Crippen MR) is 142 cm³/mol. The summed E-state index contributed by atoms with van der Waals surface area (Å²) in [4.78, 5) is 25.1. The number of carbonyl (C=O) groups is 1. The third kappa shape index (κ3) is 5.23. The minimum Gasteiger partial charge on any atom is -0.490 e. The van der Waals surface area contributed by atoms with Crippen molar-refractivity contribution in [3.8, 4) is 17.1 Å². The van der Waals surface area contributed by atoms with Crippen LogP contribution in [0.2, 0.25) is 0 Å². The Balaban J connectivity index is 1.71. The number of ether oxygens (including phenoxy) is 1. The topological polar surface area (TPSA) is 85.2 Å². The molecule has 36 heavy (non-hydrogen) atoms. The molecule has 8 nitrogen and oxygen atoms in total. The first-order chi connectivity index (χ1) is 17.3. The highest BCUT2D eigenvalue weighted by atomic mass is 16.5. The van der Waals surface area contributed by atoms with Gasteiger partial charge in [-0.25, -0.2) is 9.97 Å². The fourth-order valence-electron chi connectivity index (χ4n) is 4.25. The molecule has 188 valence electrons. The molecular formula is C28H34N6O2. The minimum absolute atomic E-state index is 0.0679. The molecule has 1 N–H and O–H groups in total. The van der Waals surface area contributed by atoms with Gasteiger partial charge in [-0.2, -0.15) is 5.10 Å². The van der Waals surface area contributed by atoms with E-state index >= 15 is 0 Å². The smallest absolute Gasteiger partial charge is 0.254 e. The maximum absolute atomic E-state index is 13.7. The van der Waals surface area contributed by atoms with E-state index in [9.17, 15) is 4.79 Å². The average Bonchev–Trinajstić information content (AvgIpc) is 3.22. The molecule has 0 atom stereocenters. The quantitative estimate of drug-likeness (QED) is 0.355. The lowest BCUT2D eigenvalue weighted by Crippen LogP contribution is -2.27. The Kier molecular flexibility index (Phi) is 7.64. The summed E-state index contributed by atoms with van der Waals surface area (Å²) in [5.74, 6) is 0.672. The van der Waals surface area contributed by atoms with Crippen molar-refractivity contribution in [1.82, 2.24) is 30.0 Å². The van der Waals surface area contributed by atoms with Gasteiger partial charge in [-0.1, -0.05) is 11.6 Å². The zero-order chi connectivity index (χ0) is 25.8. The Morgan fingerprint density at radius 2 is 1.89 bits per heavy atom. The summed E-state index contributed by atoms with van der Waals surface area (Å²) in [7, 11) is 3.71. The normalized spacial score (nSPS) is 11.2. The molecule has 0 aliphatic rings. The lowest BCUT2D eigenvalue weighted by Gasteiger charge is -2.19. The molecule has 0 spiro atoms. The summed E-state index contributed by atoms with van der Waals surface area (Å²) in [6.07, 6.45) is 1.84. The van der Waals surface area contributed by atoms with E-state index in [-0.39, 0.29) is 5.91 Å². The van der Waals surface area contributed by atoms with E-state index in [4.69, 9.17) is 14.7 Å². The number of hydrogen-bond acceptors (Lipinski definition) is 6. The second kappa shape index (κ2) is 10.9. The van der Waals surface area contributed by atoms with E-state index in [0.29, 0.717) is 30.1 Å². The van der Waals surface area contributed by atoms with Crippen LogP contribution in [0.15, 0.2) is 42.6 Å². The fraction of sp³-hybridized carbons (Fsp3) is 0.357. The Morgan fingerprint density at radius 1 is 1.08 bits per heavy atom. The van der Waals surface area contributed by atoms with Gasteiger partial charge in [0.15, 0.2) is 0 Å². The molecule has 0 aliphatic carbocycles. The van der Waals surface area contributed by atoms with Crippen LogP contribution >= 0.6 is 0 Å². The van der Waals surface area contributed by atoms with Crippen LogP contribution in [0.5, 0.6) is 5.75 Å². The standard InChI is InChI=1S/C28H34N6O2/c1-7-34-20(4)21(16-30-34)17-33(6)28(35)23-15-26(32-24-9-8-18(2)14-22(23)24)25-10-11-27(19(3)31-25)36-13-12-29-5/h8-11,14-16,29H,7,12-13,17H2,1-6H3. The second-order valence-corrected chi connectivity index (χ2v) is 9.04. The molecule has 4 aromatic rings. The number of hydrogen-bond donors (Lipinski definition) is 1. The van der Waals surface area contributed by atoms with E-state index in [1.165, 1.54) is 0 Å². The van der Waals surface area contributed by atoms with E-state index in [1.807, 2.05) is 82.1 Å². The summed E-state index contributed by atoms with van der Waals surface area (Å²) in [6, 6.07) is 11.7. The molecular weight excluding hydrogens is 452 g/mol. The number of aromatic nitrogens is 4. The summed E-state index contributed by atoms with van der Waals surface area (Å²) in [5, 5.41) is 8.32. The number of pyridine rings is 2. The number of likely N-dealkylation sites (N-methyl/N-ethyl adjacent to an activating group) is 1. The van der Waals surface area contributed by atoms with Crippen molar-refractivity contribution < 1.29 is 9.53 Å². The molecule has 3 aromatic heterocycles. The summed E-state index contributed by atoms with van der Waals surface area (Å²) in [5.41, 5.74) is 6.69. The Bertz CT molecular complexity index is 1390. The van der Waals surface area contributed by atoms with Gasteiger partial charge >= 0.3 is 0 Å². The van der Waals surface area contributed by atoms with Crippen molar-refractivity contribution in [2.45, 2.75) is 40.8 Å². The van der Waals surface area contributed by atoms with E-state index in [0.717, 1.165) is 52.3 Å². The number of nitrogens with zero attached hydrogens (tertiary/aromatic N) is 5. The molecule has 0 saturated heterocycles. The minimum atomic E-state index is -0.0679. The number of rotatable bonds is 9. The lowest BCUT2D eigenvalue weighted by molar-refractivity contribution is 0.0787. The second-order valence-electron chi connectivity index (χ2n) is 9.04. The van der Waals surface area contributed by atoms with Crippen LogP contribution < -0.4 is 10.1 Å². The van der Waals surface area contributed by atoms with Crippen LogP contribution in [0.3, 0.4) is 0 Å². The predicted octanol–water partition coefficient (Wildman–Crippen LogP) is 4.31. The fourth-order valence-corrected chi connectivity index (χ4v) is 4.25. The number of aryl methyl sites for hydroxylation is 3. The van der Waals surface area contributed by atoms with Gasteiger partial charge < -0.3 is 15.0 Å². The molecule has 4 rings (SSSR count). The van der Waals surface area contributed by atoms with Gasteiger partial charge in [-0.3, -0.25) is 9.48 Å². The number of fused-ring (bicyclic) bond motifs is 1. The molecule has 0 bridgehead atoms. The highest BCUT2D eigenvalue weighted by Gasteiger charge is 2.20.